The molecular weight excluding hydrogens is 238 g/mol. The van der Waals surface area contributed by atoms with Gasteiger partial charge in [0.05, 0.1) is 11.0 Å². The lowest BCUT2D eigenvalue weighted by atomic mass is 9.78. The Morgan fingerprint density at radius 2 is 1.89 bits per heavy atom. The van der Waals surface area contributed by atoms with E-state index in [1.807, 2.05) is 6.07 Å². The summed E-state index contributed by atoms with van der Waals surface area (Å²) in [6.45, 7) is 9.79. The molecule has 1 unspecified atom stereocenters. The lowest BCUT2D eigenvalue weighted by Gasteiger charge is -2.34. The molecule has 0 saturated carbocycles. The monoisotopic (exact) mass is 261 g/mol. The van der Waals surface area contributed by atoms with Crippen molar-refractivity contribution in [1.82, 2.24) is 15.3 Å². The lowest BCUT2D eigenvalue weighted by molar-refractivity contribution is 0.237. The van der Waals surface area contributed by atoms with Crippen molar-refractivity contribution in [1.29, 1.82) is 0 Å². The Morgan fingerprint density at radius 3 is 2.53 bits per heavy atom. The highest BCUT2D eigenvalue weighted by molar-refractivity contribution is 5.75. The predicted molar refractivity (Wildman–Crippen MR) is 79.4 cm³/mol. The van der Waals surface area contributed by atoms with Crippen molar-refractivity contribution in [2.45, 2.75) is 40.2 Å². The van der Waals surface area contributed by atoms with Crippen molar-refractivity contribution in [2.24, 2.45) is 5.41 Å². The smallest absolute Gasteiger partial charge is 0.310 e. The van der Waals surface area contributed by atoms with Crippen molar-refractivity contribution in [3.8, 4) is 0 Å². The Balaban J connectivity index is 2.46. The highest BCUT2D eigenvalue weighted by Crippen LogP contribution is 2.36. The van der Waals surface area contributed by atoms with E-state index >= 15 is 0 Å². The van der Waals surface area contributed by atoms with Gasteiger partial charge in [-0.15, -0.1) is 0 Å². The van der Waals surface area contributed by atoms with Crippen LogP contribution in [-0.2, 0) is 0 Å². The first kappa shape index (κ1) is 13.9. The maximum Gasteiger partial charge on any atom is 0.323 e. The quantitative estimate of drug-likeness (QED) is 0.775. The summed E-state index contributed by atoms with van der Waals surface area (Å²) in [5.74, 6) is 0. The highest BCUT2D eigenvalue weighted by Gasteiger charge is 2.28. The zero-order valence-corrected chi connectivity index (χ0v) is 12.1. The number of hydrogen-bond acceptors (Lipinski definition) is 2. The van der Waals surface area contributed by atoms with Gasteiger partial charge in [-0.05, 0) is 36.1 Å². The second kappa shape index (κ2) is 5.21. The van der Waals surface area contributed by atoms with Gasteiger partial charge in [0.25, 0.3) is 0 Å². The molecule has 0 amide bonds. The number of benzene rings is 1. The number of hydrogen-bond donors (Lipinski definition) is 3. The predicted octanol–water partition coefficient (Wildman–Crippen LogP) is 2.94. The van der Waals surface area contributed by atoms with Crippen LogP contribution >= 0.6 is 0 Å². The van der Waals surface area contributed by atoms with Crippen molar-refractivity contribution in [3.05, 3.63) is 34.2 Å². The van der Waals surface area contributed by atoms with Crippen LogP contribution in [0.2, 0.25) is 0 Å². The van der Waals surface area contributed by atoms with Gasteiger partial charge in [-0.1, -0.05) is 33.8 Å². The van der Waals surface area contributed by atoms with Crippen LogP contribution in [0.4, 0.5) is 0 Å². The van der Waals surface area contributed by atoms with Gasteiger partial charge in [0, 0.05) is 6.04 Å². The minimum Gasteiger partial charge on any atom is -0.310 e. The molecule has 104 valence electrons. The number of H-pyrrole nitrogens is 2. The lowest BCUT2D eigenvalue weighted by Crippen LogP contribution is -2.33. The van der Waals surface area contributed by atoms with Crippen molar-refractivity contribution in [3.63, 3.8) is 0 Å². The van der Waals surface area contributed by atoms with Gasteiger partial charge in [-0.25, -0.2) is 4.79 Å². The van der Waals surface area contributed by atoms with E-state index < -0.39 is 0 Å². The van der Waals surface area contributed by atoms with Crippen LogP contribution < -0.4 is 11.0 Å². The second-order valence-corrected chi connectivity index (χ2v) is 5.72. The van der Waals surface area contributed by atoms with E-state index in [9.17, 15) is 4.79 Å². The van der Waals surface area contributed by atoms with E-state index in [-0.39, 0.29) is 17.1 Å². The number of nitrogens with one attached hydrogen (secondary N) is 3. The molecule has 0 bridgehead atoms. The maximum absolute atomic E-state index is 11.3. The third-order valence-corrected chi connectivity index (χ3v) is 3.97. The van der Waals surface area contributed by atoms with E-state index in [2.05, 4.69) is 55.1 Å². The van der Waals surface area contributed by atoms with Crippen LogP contribution in [0.1, 0.15) is 45.7 Å². The molecule has 4 nitrogen and oxygen atoms in total. The highest BCUT2D eigenvalue weighted by atomic mass is 16.1. The van der Waals surface area contributed by atoms with Gasteiger partial charge in [0.2, 0.25) is 0 Å². The summed E-state index contributed by atoms with van der Waals surface area (Å²) in [5, 5.41) is 3.56. The SMILES string of the molecule is CCNC(c1ccc2[nH]c(=O)[nH]c2c1)C(C)(C)CC. The van der Waals surface area contributed by atoms with E-state index in [0.717, 1.165) is 24.0 Å². The molecule has 3 N–H and O–H groups in total. The number of imidazole rings is 1. The molecule has 0 aliphatic rings. The third kappa shape index (κ3) is 2.73. The Labute approximate surface area is 113 Å². The zero-order chi connectivity index (χ0) is 14.0. The molecule has 0 aliphatic heterocycles. The molecule has 1 heterocycles. The van der Waals surface area contributed by atoms with Crippen LogP contribution in [0.3, 0.4) is 0 Å². The van der Waals surface area contributed by atoms with E-state index in [0.29, 0.717) is 0 Å². The molecule has 0 aliphatic carbocycles. The molecule has 0 spiro atoms. The normalized spacial score (nSPS) is 13.9. The molecule has 2 rings (SSSR count). The summed E-state index contributed by atoms with van der Waals surface area (Å²) in [6.07, 6.45) is 1.09. The maximum atomic E-state index is 11.3. The van der Waals surface area contributed by atoms with Crippen molar-refractivity contribution in [2.75, 3.05) is 6.54 Å². The van der Waals surface area contributed by atoms with Gasteiger partial charge in [-0.2, -0.15) is 0 Å². The second-order valence-electron chi connectivity index (χ2n) is 5.72. The van der Waals surface area contributed by atoms with Gasteiger partial charge in [0.1, 0.15) is 0 Å². The Morgan fingerprint density at radius 1 is 1.21 bits per heavy atom. The Kier molecular flexibility index (Phi) is 3.80. The first-order chi connectivity index (χ1) is 8.97. The van der Waals surface area contributed by atoms with Gasteiger partial charge in [-0.3, -0.25) is 0 Å². The van der Waals surface area contributed by atoms with Crippen molar-refractivity contribution < 1.29 is 0 Å². The first-order valence-corrected chi connectivity index (χ1v) is 6.93. The Bertz CT molecular complexity index is 609. The average Bonchev–Trinajstić information content (AvgIpc) is 2.74. The van der Waals surface area contributed by atoms with Gasteiger partial charge >= 0.3 is 5.69 Å². The molecule has 4 heteroatoms. The van der Waals surface area contributed by atoms with Crippen LogP contribution in [-0.4, -0.2) is 16.5 Å². The van der Waals surface area contributed by atoms with Crippen LogP contribution in [0, 0.1) is 5.41 Å². The molecule has 19 heavy (non-hydrogen) atoms. The van der Waals surface area contributed by atoms with Gasteiger partial charge < -0.3 is 15.3 Å². The van der Waals surface area contributed by atoms with E-state index in [1.165, 1.54) is 5.56 Å². The third-order valence-electron chi connectivity index (χ3n) is 3.97. The minimum absolute atomic E-state index is 0.151. The summed E-state index contributed by atoms with van der Waals surface area (Å²) in [5.41, 5.74) is 2.97. The fourth-order valence-electron chi connectivity index (χ4n) is 2.48. The fourth-order valence-corrected chi connectivity index (χ4v) is 2.48. The van der Waals surface area contributed by atoms with Crippen LogP contribution in [0.15, 0.2) is 23.0 Å². The molecule has 1 aromatic heterocycles. The van der Waals surface area contributed by atoms with Gasteiger partial charge in [0.15, 0.2) is 0 Å². The minimum atomic E-state index is -0.151. The Hall–Kier alpha value is -1.55. The standard InChI is InChI=1S/C15H23N3O/c1-5-15(3,4)13(16-6-2)10-7-8-11-12(9-10)18-14(19)17-11/h7-9,13,16H,5-6H2,1-4H3,(H2,17,18,19). The number of rotatable bonds is 5. The van der Waals surface area contributed by atoms with Crippen molar-refractivity contribution >= 4 is 11.0 Å². The molecule has 0 saturated heterocycles. The van der Waals surface area contributed by atoms with E-state index in [4.69, 9.17) is 0 Å². The molecular formula is C15H23N3O. The summed E-state index contributed by atoms with van der Waals surface area (Å²) in [7, 11) is 0. The summed E-state index contributed by atoms with van der Waals surface area (Å²) >= 11 is 0. The fraction of sp³-hybridized carbons (Fsp3) is 0.533. The average molecular weight is 261 g/mol. The molecule has 1 aromatic carbocycles. The summed E-state index contributed by atoms with van der Waals surface area (Å²) in [6, 6.07) is 6.42. The molecule has 0 fully saturated rings. The molecule has 1 atom stereocenters. The van der Waals surface area contributed by atoms with Crippen LogP contribution in [0.5, 0.6) is 0 Å². The number of aromatic nitrogens is 2. The molecule has 2 aromatic rings. The molecule has 0 radical (unpaired) electrons. The number of aromatic amines is 2. The van der Waals surface area contributed by atoms with E-state index in [1.54, 1.807) is 0 Å². The topological polar surface area (TPSA) is 60.7 Å². The first-order valence-electron chi connectivity index (χ1n) is 6.93. The number of fused-ring (bicyclic) bond motifs is 1. The van der Waals surface area contributed by atoms with Crippen LogP contribution in [0.25, 0.3) is 11.0 Å². The summed E-state index contributed by atoms with van der Waals surface area (Å²) in [4.78, 5) is 16.9. The zero-order valence-electron chi connectivity index (χ0n) is 12.1. The largest absolute Gasteiger partial charge is 0.323 e. The summed E-state index contributed by atoms with van der Waals surface area (Å²) < 4.78 is 0.